The van der Waals surface area contributed by atoms with E-state index in [0.717, 1.165) is 38.6 Å². The van der Waals surface area contributed by atoms with Gasteiger partial charge in [-0.1, -0.05) is 13.8 Å². The molecule has 0 saturated carbocycles. The maximum Gasteiger partial charge on any atom is 0.0700 e. The summed E-state index contributed by atoms with van der Waals surface area (Å²) in [6, 6.07) is 0. The fourth-order valence-electron chi connectivity index (χ4n) is 2.13. The minimum Gasteiger partial charge on any atom is -0.377 e. The van der Waals surface area contributed by atoms with E-state index in [1.54, 1.807) is 0 Å². The van der Waals surface area contributed by atoms with Gasteiger partial charge in [0.2, 0.25) is 0 Å². The van der Waals surface area contributed by atoms with Crippen molar-refractivity contribution in [2.24, 2.45) is 5.92 Å². The third-order valence-corrected chi connectivity index (χ3v) is 2.88. The average molecular weight is 229 g/mol. The van der Waals surface area contributed by atoms with E-state index in [2.05, 4.69) is 26.1 Å². The lowest BCUT2D eigenvalue weighted by Gasteiger charge is -2.16. The summed E-state index contributed by atoms with van der Waals surface area (Å²) in [7, 11) is 0. The smallest absolute Gasteiger partial charge is 0.0700 e. The lowest BCUT2D eigenvalue weighted by Crippen LogP contribution is -2.30. The zero-order valence-electron chi connectivity index (χ0n) is 11.0. The summed E-state index contributed by atoms with van der Waals surface area (Å²) in [6.45, 7) is 10.3. The SMILES string of the molecule is CC(C)CC(C)OCCNCC1CCCO1. The zero-order valence-corrected chi connectivity index (χ0v) is 11.0. The molecule has 0 aromatic rings. The largest absolute Gasteiger partial charge is 0.377 e. The van der Waals surface area contributed by atoms with Crippen LogP contribution in [0.3, 0.4) is 0 Å². The molecule has 0 aromatic carbocycles. The molecule has 2 unspecified atom stereocenters. The monoisotopic (exact) mass is 229 g/mol. The second-order valence-electron chi connectivity index (χ2n) is 5.15. The predicted octanol–water partition coefficient (Wildman–Crippen LogP) is 2.21. The molecule has 0 bridgehead atoms. The number of rotatable bonds is 8. The summed E-state index contributed by atoms with van der Waals surface area (Å²) in [5.74, 6) is 0.717. The highest BCUT2D eigenvalue weighted by molar-refractivity contribution is 4.67. The fourth-order valence-corrected chi connectivity index (χ4v) is 2.13. The number of hydrogen-bond acceptors (Lipinski definition) is 3. The molecule has 1 aliphatic rings. The van der Waals surface area contributed by atoms with Crippen LogP contribution in [0.4, 0.5) is 0 Å². The van der Waals surface area contributed by atoms with Gasteiger partial charge in [0.25, 0.3) is 0 Å². The minimum atomic E-state index is 0.379. The molecule has 1 rings (SSSR count). The first-order chi connectivity index (χ1) is 7.68. The molecular formula is C13H27NO2. The molecule has 0 spiro atoms. The van der Waals surface area contributed by atoms with Crippen molar-refractivity contribution in [1.82, 2.24) is 5.32 Å². The highest BCUT2D eigenvalue weighted by Crippen LogP contribution is 2.10. The van der Waals surface area contributed by atoms with Gasteiger partial charge < -0.3 is 14.8 Å². The molecule has 3 nitrogen and oxygen atoms in total. The summed E-state index contributed by atoms with van der Waals surface area (Å²) in [5.41, 5.74) is 0. The molecule has 1 saturated heterocycles. The van der Waals surface area contributed by atoms with Crippen LogP contribution in [0.15, 0.2) is 0 Å². The second kappa shape index (κ2) is 8.04. The standard InChI is InChI=1S/C13H27NO2/c1-11(2)9-12(3)15-8-6-14-10-13-5-4-7-16-13/h11-14H,4-10H2,1-3H3. The van der Waals surface area contributed by atoms with Crippen LogP contribution >= 0.6 is 0 Å². The molecular weight excluding hydrogens is 202 g/mol. The molecule has 0 aromatic heterocycles. The molecule has 1 N–H and O–H groups in total. The van der Waals surface area contributed by atoms with Crippen LogP contribution in [0.25, 0.3) is 0 Å². The van der Waals surface area contributed by atoms with Gasteiger partial charge in [-0.2, -0.15) is 0 Å². The molecule has 3 heteroatoms. The van der Waals surface area contributed by atoms with Crippen molar-refractivity contribution < 1.29 is 9.47 Å². The quantitative estimate of drug-likeness (QED) is 0.647. The first kappa shape index (κ1) is 13.9. The van der Waals surface area contributed by atoms with E-state index >= 15 is 0 Å². The zero-order chi connectivity index (χ0) is 11.8. The molecule has 1 heterocycles. The highest BCUT2D eigenvalue weighted by Gasteiger charge is 2.14. The van der Waals surface area contributed by atoms with E-state index in [-0.39, 0.29) is 0 Å². The Kier molecular flexibility index (Phi) is 7.01. The van der Waals surface area contributed by atoms with Gasteiger partial charge in [0.05, 0.1) is 18.8 Å². The number of nitrogens with one attached hydrogen (secondary N) is 1. The molecule has 1 fully saturated rings. The van der Waals surface area contributed by atoms with Gasteiger partial charge in [0.1, 0.15) is 0 Å². The van der Waals surface area contributed by atoms with Gasteiger partial charge in [0.15, 0.2) is 0 Å². The van der Waals surface area contributed by atoms with Crippen LogP contribution in [0.1, 0.15) is 40.0 Å². The number of hydrogen-bond donors (Lipinski definition) is 1. The van der Waals surface area contributed by atoms with E-state index in [1.807, 2.05) is 0 Å². The Bertz CT molecular complexity index is 167. The molecule has 0 radical (unpaired) electrons. The summed E-state index contributed by atoms with van der Waals surface area (Å²) >= 11 is 0. The van der Waals surface area contributed by atoms with E-state index in [1.165, 1.54) is 12.8 Å². The van der Waals surface area contributed by atoms with Crippen LogP contribution in [-0.4, -0.2) is 38.5 Å². The lowest BCUT2D eigenvalue weighted by atomic mass is 10.1. The topological polar surface area (TPSA) is 30.5 Å². The van der Waals surface area contributed by atoms with Gasteiger partial charge in [-0.15, -0.1) is 0 Å². The summed E-state index contributed by atoms with van der Waals surface area (Å²) in [4.78, 5) is 0. The molecule has 16 heavy (non-hydrogen) atoms. The minimum absolute atomic E-state index is 0.379. The Morgan fingerprint density at radius 2 is 2.19 bits per heavy atom. The molecule has 1 aliphatic heterocycles. The van der Waals surface area contributed by atoms with Crippen LogP contribution in [0.2, 0.25) is 0 Å². The van der Waals surface area contributed by atoms with Gasteiger partial charge >= 0.3 is 0 Å². The molecule has 0 amide bonds. The summed E-state index contributed by atoms with van der Waals surface area (Å²) in [5, 5.41) is 3.39. The van der Waals surface area contributed by atoms with Crippen LogP contribution in [0.5, 0.6) is 0 Å². The Hall–Kier alpha value is -0.120. The van der Waals surface area contributed by atoms with E-state index < -0.39 is 0 Å². The van der Waals surface area contributed by atoms with E-state index in [9.17, 15) is 0 Å². The van der Waals surface area contributed by atoms with Crippen LogP contribution in [-0.2, 0) is 9.47 Å². The van der Waals surface area contributed by atoms with Crippen LogP contribution < -0.4 is 5.32 Å². The van der Waals surface area contributed by atoms with E-state index in [4.69, 9.17) is 9.47 Å². The van der Waals surface area contributed by atoms with Crippen LogP contribution in [0, 0.1) is 5.92 Å². The van der Waals surface area contributed by atoms with Crippen molar-refractivity contribution in [3.05, 3.63) is 0 Å². The second-order valence-corrected chi connectivity index (χ2v) is 5.15. The lowest BCUT2D eigenvalue weighted by molar-refractivity contribution is 0.0509. The average Bonchev–Trinajstić information content (AvgIpc) is 2.68. The van der Waals surface area contributed by atoms with Gasteiger partial charge in [-0.3, -0.25) is 0 Å². The van der Waals surface area contributed by atoms with Crippen molar-refractivity contribution in [3.8, 4) is 0 Å². The van der Waals surface area contributed by atoms with E-state index in [0.29, 0.717) is 12.2 Å². The van der Waals surface area contributed by atoms with Crippen molar-refractivity contribution in [2.75, 3.05) is 26.3 Å². The van der Waals surface area contributed by atoms with Gasteiger partial charge in [-0.25, -0.2) is 0 Å². The maximum atomic E-state index is 5.71. The Morgan fingerprint density at radius 3 is 2.81 bits per heavy atom. The van der Waals surface area contributed by atoms with Crippen molar-refractivity contribution in [2.45, 2.75) is 52.2 Å². The number of ether oxygens (including phenoxy) is 2. The molecule has 2 atom stereocenters. The summed E-state index contributed by atoms with van der Waals surface area (Å²) in [6.07, 6.45) is 4.38. The maximum absolute atomic E-state index is 5.71. The fraction of sp³-hybridized carbons (Fsp3) is 1.00. The van der Waals surface area contributed by atoms with Crippen molar-refractivity contribution in [3.63, 3.8) is 0 Å². The van der Waals surface area contributed by atoms with Crippen molar-refractivity contribution >= 4 is 0 Å². The summed E-state index contributed by atoms with van der Waals surface area (Å²) < 4.78 is 11.2. The predicted molar refractivity (Wildman–Crippen MR) is 66.7 cm³/mol. The first-order valence-electron chi connectivity index (χ1n) is 6.62. The Morgan fingerprint density at radius 1 is 1.38 bits per heavy atom. The molecule has 96 valence electrons. The normalized spacial score (nSPS) is 22.9. The van der Waals surface area contributed by atoms with Gasteiger partial charge in [0, 0.05) is 19.7 Å². The molecule has 0 aliphatic carbocycles. The van der Waals surface area contributed by atoms with Crippen molar-refractivity contribution in [1.29, 1.82) is 0 Å². The first-order valence-corrected chi connectivity index (χ1v) is 6.62. The highest BCUT2D eigenvalue weighted by atomic mass is 16.5. The third-order valence-electron chi connectivity index (χ3n) is 2.88. The Balaban J connectivity index is 1.87. The Labute approximate surface area is 99.9 Å². The van der Waals surface area contributed by atoms with Gasteiger partial charge in [-0.05, 0) is 32.1 Å². The third kappa shape index (κ3) is 6.46.